The Labute approximate surface area is 159 Å². The van der Waals surface area contributed by atoms with Crippen LogP contribution in [0, 0.1) is 5.92 Å². The summed E-state index contributed by atoms with van der Waals surface area (Å²) in [6.45, 7) is 2.49. The summed E-state index contributed by atoms with van der Waals surface area (Å²) in [4.78, 5) is 12.5. The first-order valence-corrected chi connectivity index (χ1v) is 8.89. The minimum atomic E-state index is -0.543. The average Bonchev–Trinajstić information content (AvgIpc) is 3.44. The van der Waals surface area contributed by atoms with Crippen LogP contribution in [0.25, 0.3) is 0 Å². The third-order valence-electron chi connectivity index (χ3n) is 4.69. The summed E-state index contributed by atoms with van der Waals surface area (Å²) in [5.74, 6) is 0.849. The summed E-state index contributed by atoms with van der Waals surface area (Å²) < 4.78 is 16.4. The van der Waals surface area contributed by atoms with E-state index < -0.39 is 5.60 Å². The molecular weight excluding hydrogens is 344 g/mol. The van der Waals surface area contributed by atoms with Crippen LogP contribution in [-0.2, 0) is 15.1 Å². The molecule has 1 aliphatic carbocycles. The molecule has 0 heterocycles. The number of nitrogens with one attached hydrogen (secondary N) is 1. The van der Waals surface area contributed by atoms with Crippen LogP contribution in [0.5, 0.6) is 11.5 Å². The Kier molecular flexibility index (Phi) is 5.76. The van der Waals surface area contributed by atoms with E-state index in [2.05, 4.69) is 10.5 Å². The molecule has 2 aromatic carbocycles. The van der Waals surface area contributed by atoms with Crippen molar-refractivity contribution in [2.75, 3.05) is 20.8 Å². The van der Waals surface area contributed by atoms with E-state index in [1.165, 1.54) is 0 Å². The van der Waals surface area contributed by atoms with Gasteiger partial charge in [0.05, 0.1) is 26.4 Å². The Morgan fingerprint density at radius 1 is 1.19 bits per heavy atom. The number of benzene rings is 2. The third kappa shape index (κ3) is 3.95. The van der Waals surface area contributed by atoms with Gasteiger partial charge in [0, 0.05) is 6.61 Å². The maximum atomic E-state index is 12.5. The highest BCUT2D eigenvalue weighted by atomic mass is 16.5. The number of hydrogen-bond acceptors (Lipinski definition) is 5. The van der Waals surface area contributed by atoms with Crippen LogP contribution in [-0.4, -0.2) is 32.9 Å². The maximum Gasteiger partial charge on any atom is 0.246 e. The zero-order chi connectivity index (χ0) is 19.3. The quantitative estimate of drug-likeness (QED) is 0.574. The van der Waals surface area contributed by atoms with Crippen LogP contribution in [0.3, 0.4) is 0 Å². The number of methoxy groups -OCH3 is 2. The van der Waals surface area contributed by atoms with E-state index in [1.807, 2.05) is 43.3 Å². The van der Waals surface area contributed by atoms with Gasteiger partial charge in [0.15, 0.2) is 11.5 Å². The number of ether oxygens (including phenoxy) is 3. The van der Waals surface area contributed by atoms with Gasteiger partial charge in [-0.1, -0.05) is 30.3 Å². The summed E-state index contributed by atoms with van der Waals surface area (Å²) in [5.41, 5.74) is 3.90. The van der Waals surface area contributed by atoms with Crippen LogP contribution in [0.1, 0.15) is 24.5 Å². The highest BCUT2D eigenvalue weighted by Crippen LogP contribution is 2.55. The van der Waals surface area contributed by atoms with E-state index in [0.29, 0.717) is 24.5 Å². The molecular formula is C21H24N2O4. The van der Waals surface area contributed by atoms with E-state index >= 15 is 0 Å². The molecule has 1 N–H and O–H groups in total. The zero-order valence-electron chi connectivity index (χ0n) is 15.8. The monoisotopic (exact) mass is 368 g/mol. The SMILES string of the molecule is CCO[C@@]1(c2ccccc2)C[C@H]1C(=O)NN=Cc1ccc(OC)c(OC)c1. The van der Waals surface area contributed by atoms with Crippen LogP contribution in [0.15, 0.2) is 53.6 Å². The average molecular weight is 368 g/mol. The highest BCUT2D eigenvalue weighted by Gasteiger charge is 2.60. The van der Waals surface area contributed by atoms with Gasteiger partial charge in [-0.25, -0.2) is 5.43 Å². The Hall–Kier alpha value is -2.86. The van der Waals surface area contributed by atoms with Crippen LogP contribution in [0.4, 0.5) is 0 Å². The lowest BCUT2D eigenvalue weighted by Gasteiger charge is -2.17. The number of rotatable bonds is 8. The second kappa shape index (κ2) is 8.22. The fourth-order valence-electron chi connectivity index (χ4n) is 3.27. The molecule has 1 saturated carbocycles. The minimum absolute atomic E-state index is 0.149. The number of amides is 1. The Bertz CT molecular complexity index is 822. The first kappa shape index (κ1) is 18.9. The molecule has 0 aliphatic heterocycles. The van der Waals surface area contributed by atoms with Crippen molar-refractivity contribution in [2.45, 2.75) is 18.9 Å². The Balaban J connectivity index is 1.65. The van der Waals surface area contributed by atoms with Gasteiger partial charge in [0.25, 0.3) is 0 Å². The molecule has 1 aliphatic rings. The molecule has 142 valence electrons. The van der Waals surface area contributed by atoms with Gasteiger partial charge in [-0.15, -0.1) is 0 Å². The van der Waals surface area contributed by atoms with Crippen LogP contribution < -0.4 is 14.9 Å². The summed E-state index contributed by atoms with van der Waals surface area (Å²) in [5, 5.41) is 4.08. The Morgan fingerprint density at radius 2 is 1.93 bits per heavy atom. The van der Waals surface area contributed by atoms with Gasteiger partial charge in [-0.3, -0.25) is 4.79 Å². The van der Waals surface area contributed by atoms with Crippen LogP contribution >= 0.6 is 0 Å². The van der Waals surface area contributed by atoms with Gasteiger partial charge in [0.1, 0.15) is 5.60 Å². The summed E-state index contributed by atoms with van der Waals surface area (Å²) in [6.07, 6.45) is 2.23. The van der Waals surface area contributed by atoms with Gasteiger partial charge < -0.3 is 14.2 Å². The molecule has 0 radical (unpaired) electrons. The lowest BCUT2D eigenvalue weighted by Crippen LogP contribution is -2.26. The number of hydrogen-bond donors (Lipinski definition) is 1. The first-order valence-electron chi connectivity index (χ1n) is 8.89. The normalized spacial score (nSPS) is 21.1. The van der Waals surface area contributed by atoms with Crippen molar-refractivity contribution in [1.29, 1.82) is 0 Å². The van der Waals surface area contributed by atoms with Crippen molar-refractivity contribution in [3.63, 3.8) is 0 Å². The van der Waals surface area contributed by atoms with E-state index in [9.17, 15) is 4.79 Å². The molecule has 0 spiro atoms. The van der Waals surface area contributed by atoms with E-state index in [-0.39, 0.29) is 11.8 Å². The third-order valence-corrected chi connectivity index (χ3v) is 4.69. The molecule has 0 bridgehead atoms. The van der Waals surface area contributed by atoms with Gasteiger partial charge in [-0.2, -0.15) is 5.10 Å². The zero-order valence-corrected chi connectivity index (χ0v) is 15.8. The molecule has 2 atom stereocenters. The smallest absolute Gasteiger partial charge is 0.246 e. The van der Waals surface area contributed by atoms with E-state index in [0.717, 1.165) is 11.1 Å². The fraction of sp³-hybridized carbons (Fsp3) is 0.333. The second-order valence-electron chi connectivity index (χ2n) is 6.29. The van der Waals surface area contributed by atoms with Crippen molar-refractivity contribution in [1.82, 2.24) is 5.43 Å². The molecule has 2 aromatic rings. The topological polar surface area (TPSA) is 69.2 Å². The second-order valence-corrected chi connectivity index (χ2v) is 6.29. The summed E-state index contributed by atoms with van der Waals surface area (Å²) in [6, 6.07) is 15.3. The van der Waals surface area contributed by atoms with Crippen molar-refractivity contribution in [3.05, 3.63) is 59.7 Å². The van der Waals surface area contributed by atoms with Gasteiger partial charge in [-0.05, 0) is 42.7 Å². The summed E-state index contributed by atoms with van der Waals surface area (Å²) in [7, 11) is 3.16. The predicted octanol–water partition coefficient (Wildman–Crippen LogP) is 3.11. The molecule has 27 heavy (non-hydrogen) atoms. The molecule has 0 unspecified atom stereocenters. The number of carbonyl (C=O) groups excluding carboxylic acids is 1. The molecule has 1 fully saturated rings. The first-order chi connectivity index (χ1) is 13.1. The lowest BCUT2D eigenvalue weighted by atomic mass is 10.1. The number of nitrogens with zero attached hydrogens (tertiary/aromatic N) is 1. The van der Waals surface area contributed by atoms with Crippen LogP contribution in [0.2, 0.25) is 0 Å². The van der Waals surface area contributed by atoms with Gasteiger partial charge in [0.2, 0.25) is 5.91 Å². The molecule has 6 nitrogen and oxygen atoms in total. The standard InChI is InChI=1S/C21H24N2O4/c1-4-27-21(16-8-6-5-7-9-16)13-17(21)20(24)23-22-14-15-10-11-18(25-2)19(12-15)26-3/h5-12,14,17H,4,13H2,1-3H3,(H,23,24)/t17-,21+/m0/s1. The number of carbonyl (C=O) groups is 1. The largest absolute Gasteiger partial charge is 0.493 e. The fourth-order valence-corrected chi connectivity index (χ4v) is 3.27. The van der Waals surface area contributed by atoms with Crippen molar-refractivity contribution >= 4 is 12.1 Å². The predicted molar refractivity (Wildman–Crippen MR) is 103 cm³/mol. The summed E-state index contributed by atoms with van der Waals surface area (Å²) >= 11 is 0. The molecule has 6 heteroatoms. The Morgan fingerprint density at radius 3 is 2.59 bits per heavy atom. The minimum Gasteiger partial charge on any atom is -0.493 e. The molecule has 3 rings (SSSR count). The van der Waals surface area contributed by atoms with E-state index in [4.69, 9.17) is 14.2 Å². The molecule has 0 saturated heterocycles. The van der Waals surface area contributed by atoms with Crippen molar-refractivity contribution in [2.24, 2.45) is 11.0 Å². The van der Waals surface area contributed by atoms with Crippen molar-refractivity contribution in [3.8, 4) is 11.5 Å². The lowest BCUT2D eigenvalue weighted by molar-refractivity contribution is -0.124. The van der Waals surface area contributed by atoms with Gasteiger partial charge >= 0.3 is 0 Å². The molecule has 1 amide bonds. The van der Waals surface area contributed by atoms with Crippen molar-refractivity contribution < 1.29 is 19.0 Å². The molecule has 0 aromatic heterocycles. The maximum absolute atomic E-state index is 12.5. The highest BCUT2D eigenvalue weighted by molar-refractivity contribution is 5.86. The van der Waals surface area contributed by atoms with E-state index in [1.54, 1.807) is 32.6 Å². The number of hydrazone groups is 1.